The standard InChI is InChI=1S/C18H15NO5S/c20-17-7-2-1-5-15(17)18(16-6-3-4-12-19-16)13-8-10-14(11-9-13)24-25(21,22)23/h1-12,18,20H,(H,21,22,23). The summed E-state index contributed by atoms with van der Waals surface area (Å²) < 4.78 is 34.8. The summed E-state index contributed by atoms with van der Waals surface area (Å²) in [6.07, 6.45) is 1.66. The third kappa shape index (κ3) is 4.14. The molecule has 1 atom stereocenters. The zero-order valence-electron chi connectivity index (χ0n) is 13.0. The Bertz CT molecular complexity index is 956. The minimum atomic E-state index is -4.57. The molecular formula is C18H15NO5S. The van der Waals surface area contributed by atoms with Crippen molar-refractivity contribution in [1.82, 2.24) is 4.98 Å². The van der Waals surface area contributed by atoms with Crippen LogP contribution >= 0.6 is 0 Å². The number of phenolic OH excluding ortho intramolecular Hbond substituents is 1. The summed E-state index contributed by atoms with van der Waals surface area (Å²) in [6, 6.07) is 18.6. The summed E-state index contributed by atoms with van der Waals surface area (Å²) in [5.74, 6) is -0.220. The number of hydrogen-bond donors (Lipinski definition) is 2. The molecule has 128 valence electrons. The summed E-state index contributed by atoms with van der Waals surface area (Å²) in [4.78, 5) is 4.38. The van der Waals surface area contributed by atoms with Crippen LogP contribution in [0.3, 0.4) is 0 Å². The quantitative estimate of drug-likeness (QED) is 0.681. The molecule has 7 heteroatoms. The number of phenols is 1. The molecule has 0 aliphatic heterocycles. The third-order valence-corrected chi connectivity index (χ3v) is 4.05. The highest BCUT2D eigenvalue weighted by atomic mass is 32.3. The van der Waals surface area contributed by atoms with Crippen LogP contribution in [0.25, 0.3) is 0 Å². The normalized spacial score (nSPS) is 12.5. The molecule has 0 aliphatic carbocycles. The molecule has 6 nitrogen and oxygen atoms in total. The van der Waals surface area contributed by atoms with Gasteiger partial charge in [-0.05, 0) is 35.9 Å². The smallest absolute Gasteiger partial charge is 0.446 e. The van der Waals surface area contributed by atoms with Gasteiger partial charge in [0.15, 0.2) is 0 Å². The fraction of sp³-hybridized carbons (Fsp3) is 0.0556. The summed E-state index contributed by atoms with van der Waals surface area (Å²) in [5, 5.41) is 10.2. The number of rotatable bonds is 5. The van der Waals surface area contributed by atoms with E-state index in [0.29, 0.717) is 5.56 Å². The Labute approximate surface area is 145 Å². The van der Waals surface area contributed by atoms with Gasteiger partial charge >= 0.3 is 10.4 Å². The number of nitrogens with zero attached hydrogens (tertiary/aromatic N) is 1. The van der Waals surface area contributed by atoms with Crippen LogP contribution in [-0.4, -0.2) is 23.1 Å². The first-order valence-electron chi connectivity index (χ1n) is 7.40. The van der Waals surface area contributed by atoms with E-state index >= 15 is 0 Å². The van der Waals surface area contributed by atoms with Gasteiger partial charge in [-0.2, -0.15) is 8.42 Å². The summed E-state index contributed by atoms with van der Waals surface area (Å²) in [7, 11) is -4.57. The maximum atomic E-state index is 10.8. The molecule has 1 unspecified atom stereocenters. The fourth-order valence-corrected chi connectivity index (χ4v) is 2.98. The molecule has 0 bridgehead atoms. The first-order valence-corrected chi connectivity index (χ1v) is 8.76. The van der Waals surface area contributed by atoms with Crippen LogP contribution in [0.1, 0.15) is 22.7 Å². The largest absolute Gasteiger partial charge is 0.508 e. The number of benzene rings is 2. The molecule has 1 heterocycles. The number of para-hydroxylation sites is 1. The lowest BCUT2D eigenvalue weighted by Crippen LogP contribution is -2.08. The molecule has 0 spiro atoms. The van der Waals surface area contributed by atoms with Crippen molar-refractivity contribution in [2.75, 3.05) is 0 Å². The Morgan fingerprint density at radius 3 is 2.20 bits per heavy atom. The van der Waals surface area contributed by atoms with E-state index in [9.17, 15) is 13.5 Å². The van der Waals surface area contributed by atoms with Gasteiger partial charge in [-0.25, -0.2) is 0 Å². The molecule has 3 aromatic rings. The molecular weight excluding hydrogens is 342 g/mol. The van der Waals surface area contributed by atoms with Gasteiger partial charge < -0.3 is 9.29 Å². The van der Waals surface area contributed by atoms with E-state index in [0.717, 1.165) is 11.3 Å². The Morgan fingerprint density at radius 2 is 1.60 bits per heavy atom. The van der Waals surface area contributed by atoms with Crippen LogP contribution in [0.5, 0.6) is 11.5 Å². The van der Waals surface area contributed by atoms with Crippen LogP contribution in [0.15, 0.2) is 72.9 Å². The van der Waals surface area contributed by atoms with Crippen molar-refractivity contribution < 1.29 is 22.3 Å². The summed E-state index contributed by atoms with van der Waals surface area (Å²) in [6.45, 7) is 0. The zero-order chi connectivity index (χ0) is 17.9. The predicted octanol–water partition coefficient (Wildman–Crippen LogP) is 3.15. The molecule has 25 heavy (non-hydrogen) atoms. The summed E-state index contributed by atoms with van der Waals surface area (Å²) in [5.41, 5.74) is 2.18. The van der Waals surface area contributed by atoms with Gasteiger partial charge in [0.1, 0.15) is 11.5 Å². The van der Waals surface area contributed by atoms with E-state index in [1.807, 2.05) is 18.2 Å². The van der Waals surface area contributed by atoms with E-state index in [1.165, 1.54) is 12.1 Å². The van der Waals surface area contributed by atoms with Gasteiger partial charge in [-0.1, -0.05) is 36.4 Å². The second kappa shape index (κ2) is 6.92. The number of aromatic hydroxyl groups is 1. The lowest BCUT2D eigenvalue weighted by molar-refractivity contribution is 0.387. The molecule has 0 aliphatic rings. The molecule has 3 rings (SSSR count). The number of hydrogen-bond acceptors (Lipinski definition) is 5. The van der Waals surface area contributed by atoms with E-state index in [1.54, 1.807) is 42.6 Å². The van der Waals surface area contributed by atoms with Crippen molar-refractivity contribution in [2.45, 2.75) is 5.92 Å². The monoisotopic (exact) mass is 357 g/mol. The van der Waals surface area contributed by atoms with Gasteiger partial charge in [-0.3, -0.25) is 9.54 Å². The molecule has 2 N–H and O–H groups in total. The van der Waals surface area contributed by atoms with E-state index in [4.69, 9.17) is 4.55 Å². The van der Waals surface area contributed by atoms with Crippen LogP contribution in [0.2, 0.25) is 0 Å². The predicted molar refractivity (Wildman–Crippen MR) is 91.9 cm³/mol. The average molecular weight is 357 g/mol. The van der Waals surface area contributed by atoms with Crippen molar-refractivity contribution >= 4 is 10.4 Å². The minimum absolute atomic E-state index is 0.0108. The second-order valence-corrected chi connectivity index (χ2v) is 6.35. The van der Waals surface area contributed by atoms with E-state index in [2.05, 4.69) is 9.17 Å². The first kappa shape index (κ1) is 16.9. The highest BCUT2D eigenvalue weighted by Gasteiger charge is 2.21. The van der Waals surface area contributed by atoms with Crippen molar-refractivity contribution in [3.05, 3.63) is 89.7 Å². The van der Waals surface area contributed by atoms with Gasteiger partial charge in [-0.15, -0.1) is 0 Å². The van der Waals surface area contributed by atoms with Crippen LogP contribution in [-0.2, 0) is 10.4 Å². The lowest BCUT2D eigenvalue weighted by Gasteiger charge is -2.19. The number of pyridine rings is 1. The van der Waals surface area contributed by atoms with Crippen molar-refractivity contribution in [3.8, 4) is 11.5 Å². The van der Waals surface area contributed by atoms with Crippen molar-refractivity contribution in [2.24, 2.45) is 0 Å². The molecule has 2 aromatic carbocycles. The van der Waals surface area contributed by atoms with Crippen molar-refractivity contribution in [1.29, 1.82) is 0 Å². The van der Waals surface area contributed by atoms with Gasteiger partial charge in [0, 0.05) is 11.8 Å². The molecule has 0 saturated carbocycles. The molecule has 0 saturated heterocycles. The lowest BCUT2D eigenvalue weighted by atomic mass is 9.87. The average Bonchev–Trinajstić information content (AvgIpc) is 2.58. The molecule has 0 radical (unpaired) electrons. The van der Waals surface area contributed by atoms with Crippen LogP contribution < -0.4 is 4.18 Å². The molecule has 1 aromatic heterocycles. The Kier molecular flexibility index (Phi) is 4.69. The van der Waals surface area contributed by atoms with E-state index in [-0.39, 0.29) is 17.4 Å². The highest BCUT2D eigenvalue weighted by Crippen LogP contribution is 2.36. The Hall–Kier alpha value is -2.90. The molecule has 0 fully saturated rings. The third-order valence-electron chi connectivity index (χ3n) is 3.65. The van der Waals surface area contributed by atoms with Crippen molar-refractivity contribution in [3.63, 3.8) is 0 Å². The Balaban J connectivity index is 2.05. The number of aromatic nitrogens is 1. The van der Waals surface area contributed by atoms with Crippen LogP contribution in [0, 0.1) is 0 Å². The maximum Gasteiger partial charge on any atom is 0.446 e. The summed E-state index contributed by atoms with van der Waals surface area (Å²) >= 11 is 0. The SMILES string of the molecule is O=S(=O)(O)Oc1ccc(C(c2ccccn2)c2ccccc2O)cc1. The second-order valence-electron chi connectivity index (χ2n) is 5.33. The van der Waals surface area contributed by atoms with Gasteiger partial charge in [0.25, 0.3) is 0 Å². The van der Waals surface area contributed by atoms with Gasteiger partial charge in [0.05, 0.1) is 11.6 Å². The topological polar surface area (TPSA) is 96.7 Å². The Morgan fingerprint density at radius 1 is 0.920 bits per heavy atom. The molecule has 0 amide bonds. The maximum absolute atomic E-state index is 10.8. The van der Waals surface area contributed by atoms with E-state index < -0.39 is 10.4 Å². The minimum Gasteiger partial charge on any atom is -0.508 e. The van der Waals surface area contributed by atoms with Gasteiger partial charge in [0.2, 0.25) is 0 Å². The van der Waals surface area contributed by atoms with Crippen LogP contribution in [0.4, 0.5) is 0 Å². The fourth-order valence-electron chi connectivity index (χ4n) is 2.63. The zero-order valence-corrected chi connectivity index (χ0v) is 13.8. The first-order chi connectivity index (χ1) is 11.9. The highest BCUT2D eigenvalue weighted by molar-refractivity contribution is 7.81.